The highest BCUT2D eigenvalue weighted by atomic mass is 16.6. The molecule has 2 N–H and O–H groups in total. The van der Waals surface area contributed by atoms with Crippen molar-refractivity contribution in [2.45, 2.75) is 58.3 Å². The van der Waals surface area contributed by atoms with Crippen LogP contribution in [0.2, 0.25) is 0 Å². The molecule has 130 valence electrons. The van der Waals surface area contributed by atoms with Gasteiger partial charge in [-0.3, -0.25) is 0 Å². The van der Waals surface area contributed by atoms with Gasteiger partial charge in [-0.1, -0.05) is 18.2 Å². The fourth-order valence-corrected chi connectivity index (χ4v) is 3.46. The zero-order valence-electron chi connectivity index (χ0n) is 14.8. The third kappa shape index (κ3) is 3.41. The van der Waals surface area contributed by atoms with Gasteiger partial charge >= 0.3 is 6.09 Å². The van der Waals surface area contributed by atoms with E-state index in [2.05, 4.69) is 24.0 Å². The van der Waals surface area contributed by atoms with Crippen molar-refractivity contribution >= 4 is 17.0 Å². The van der Waals surface area contributed by atoms with Crippen LogP contribution in [0, 0.1) is 6.92 Å². The maximum atomic E-state index is 12.5. The van der Waals surface area contributed by atoms with Gasteiger partial charge in [-0.05, 0) is 52.2 Å². The second-order valence-corrected chi connectivity index (χ2v) is 7.65. The number of fused-ring (bicyclic) bond motifs is 1. The van der Waals surface area contributed by atoms with Gasteiger partial charge in [-0.2, -0.15) is 0 Å². The van der Waals surface area contributed by atoms with Crippen molar-refractivity contribution in [1.29, 1.82) is 0 Å². The molecule has 2 aromatic rings. The quantitative estimate of drug-likeness (QED) is 0.887. The summed E-state index contributed by atoms with van der Waals surface area (Å²) < 4.78 is 5.51. The van der Waals surface area contributed by atoms with E-state index in [1.807, 2.05) is 32.9 Å². The molecule has 0 bridgehead atoms. The summed E-state index contributed by atoms with van der Waals surface area (Å²) in [5.74, 6) is 0. The molecule has 1 aliphatic rings. The Morgan fingerprint density at radius 3 is 2.79 bits per heavy atom. The summed E-state index contributed by atoms with van der Waals surface area (Å²) >= 11 is 0. The fraction of sp³-hybridized carbons (Fsp3) is 0.526. The molecule has 0 spiro atoms. The minimum absolute atomic E-state index is 0.0484. The zero-order chi connectivity index (χ0) is 17.5. The van der Waals surface area contributed by atoms with E-state index in [1.165, 1.54) is 10.9 Å². The molecule has 2 heterocycles. The number of aliphatic hydroxyl groups excluding tert-OH is 1. The number of rotatable bonds is 2. The number of likely N-dealkylation sites (tertiary alicyclic amines) is 1. The summed E-state index contributed by atoms with van der Waals surface area (Å²) in [6.45, 7) is 7.96. The molecular weight excluding hydrogens is 304 g/mol. The summed E-state index contributed by atoms with van der Waals surface area (Å²) in [5, 5.41) is 11.3. The highest BCUT2D eigenvalue weighted by Gasteiger charge is 2.37. The first kappa shape index (κ1) is 16.8. The SMILES string of the molecule is Cc1[nH]c2ccccc2c1C[C@H]1C[C@@H](O)CN1C(=O)OC(C)(C)C. The predicted octanol–water partition coefficient (Wildman–Crippen LogP) is 3.39. The lowest BCUT2D eigenvalue weighted by Gasteiger charge is -2.28. The summed E-state index contributed by atoms with van der Waals surface area (Å²) in [6, 6.07) is 8.13. The van der Waals surface area contributed by atoms with Gasteiger partial charge in [0.2, 0.25) is 0 Å². The molecule has 0 aliphatic carbocycles. The van der Waals surface area contributed by atoms with Crippen LogP contribution in [-0.4, -0.2) is 45.4 Å². The molecule has 0 saturated carbocycles. The number of hydrogen-bond donors (Lipinski definition) is 2. The van der Waals surface area contributed by atoms with Gasteiger partial charge in [0.25, 0.3) is 0 Å². The monoisotopic (exact) mass is 330 g/mol. The van der Waals surface area contributed by atoms with Crippen molar-refractivity contribution < 1.29 is 14.6 Å². The topological polar surface area (TPSA) is 65.6 Å². The summed E-state index contributed by atoms with van der Waals surface area (Å²) in [6.07, 6.45) is 0.458. The van der Waals surface area contributed by atoms with Gasteiger partial charge in [0.05, 0.1) is 12.6 Å². The first-order valence-electron chi connectivity index (χ1n) is 8.48. The Balaban J connectivity index is 1.84. The number of carbonyl (C=O) groups is 1. The molecule has 24 heavy (non-hydrogen) atoms. The van der Waals surface area contributed by atoms with Crippen molar-refractivity contribution in [3.63, 3.8) is 0 Å². The van der Waals surface area contributed by atoms with Gasteiger partial charge in [-0.25, -0.2) is 4.79 Å². The van der Waals surface area contributed by atoms with Crippen molar-refractivity contribution in [2.75, 3.05) is 6.54 Å². The van der Waals surface area contributed by atoms with E-state index in [1.54, 1.807) is 4.90 Å². The normalized spacial score (nSPS) is 21.5. The van der Waals surface area contributed by atoms with Gasteiger partial charge in [0, 0.05) is 22.6 Å². The predicted molar refractivity (Wildman–Crippen MR) is 94.1 cm³/mol. The molecule has 1 amide bonds. The van der Waals surface area contributed by atoms with Crippen LogP contribution < -0.4 is 0 Å². The van der Waals surface area contributed by atoms with Gasteiger partial charge in [-0.15, -0.1) is 0 Å². The molecule has 0 radical (unpaired) electrons. The van der Waals surface area contributed by atoms with Crippen molar-refractivity contribution in [3.05, 3.63) is 35.5 Å². The smallest absolute Gasteiger partial charge is 0.410 e. The lowest BCUT2D eigenvalue weighted by molar-refractivity contribution is 0.0208. The van der Waals surface area contributed by atoms with Crippen molar-refractivity contribution in [3.8, 4) is 0 Å². The third-order valence-corrected chi connectivity index (χ3v) is 4.49. The van der Waals surface area contributed by atoms with Crippen LogP contribution >= 0.6 is 0 Å². The van der Waals surface area contributed by atoms with Gasteiger partial charge < -0.3 is 19.7 Å². The molecule has 2 atom stereocenters. The largest absolute Gasteiger partial charge is 0.444 e. The second kappa shape index (κ2) is 6.13. The van der Waals surface area contributed by atoms with Gasteiger partial charge in [0.1, 0.15) is 5.60 Å². The van der Waals surface area contributed by atoms with Crippen LogP contribution in [-0.2, 0) is 11.2 Å². The Bertz CT molecular complexity index is 745. The molecule has 5 nitrogen and oxygen atoms in total. The molecule has 0 unspecified atom stereocenters. The average Bonchev–Trinajstić information content (AvgIpc) is 2.99. The number of aryl methyl sites for hydroxylation is 1. The number of aromatic amines is 1. The van der Waals surface area contributed by atoms with Crippen molar-refractivity contribution in [1.82, 2.24) is 9.88 Å². The van der Waals surface area contributed by atoms with E-state index >= 15 is 0 Å². The Labute approximate surface area is 142 Å². The maximum Gasteiger partial charge on any atom is 0.410 e. The summed E-state index contributed by atoms with van der Waals surface area (Å²) in [7, 11) is 0. The number of nitrogens with zero attached hydrogens (tertiary/aromatic N) is 1. The number of benzene rings is 1. The van der Waals surface area contributed by atoms with E-state index < -0.39 is 11.7 Å². The van der Waals surface area contributed by atoms with E-state index in [9.17, 15) is 9.90 Å². The average molecular weight is 330 g/mol. The van der Waals surface area contributed by atoms with Gasteiger partial charge in [0.15, 0.2) is 0 Å². The summed E-state index contributed by atoms with van der Waals surface area (Å²) in [5.41, 5.74) is 2.89. The first-order valence-corrected chi connectivity index (χ1v) is 8.48. The molecular formula is C19H26N2O3. The molecule has 1 aromatic heterocycles. The van der Waals surface area contributed by atoms with Crippen LogP contribution in [0.4, 0.5) is 4.79 Å². The molecule has 5 heteroatoms. The number of nitrogens with one attached hydrogen (secondary N) is 1. The van der Waals surface area contributed by atoms with Crippen LogP contribution in [0.3, 0.4) is 0 Å². The Kier molecular flexibility index (Phi) is 4.30. The number of H-pyrrole nitrogens is 1. The highest BCUT2D eigenvalue weighted by molar-refractivity contribution is 5.84. The lowest BCUT2D eigenvalue weighted by atomic mass is 10.0. The lowest BCUT2D eigenvalue weighted by Crippen LogP contribution is -2.41. The highest BCUT2D eigenvalue weighted by Crippen LogP contribution is 2.29. The van der Waals surface area contributed by atoms with Crippen LogP contribution in [0.25, 0.3) is 10.9 Å². The molecule has 1 saturated heterocycles. The Morgan fingerprint density at radius 1 is 1.38 bits per heavy atom. The van der Waals surface area contributed by atoms with E-state index in [0.717, 1.165) is 11.2 Å². The summed E-state index contributed by atoms with van der Waals surface area (Å²) in [4.78, 5) is 17.6. The number of ether oxygens (including phenoxy) is 1. The minimum Gasteiger partial charge on any atom is -0.444 e. The standard InChI is InChI=1S/C19H26N2O3/c1-12-16(15-7-5-6-8-17(15)20-12)10-13-9-14(22)11-21(13)18(23)24-19(2,3)4/h5-8,13-14,20,22H,9-11H2,1-4H3/t13-,14-/m1/s1. The molecule has 3 rings (SSSR count). The first-order chi connectivity index (χ1) is 11.2. The van der Waals surface area contributed by atoms with E-state index in [4.69, 9.17) is 4.74 Å². The Morgan fingerprint density at radius 2 is 2.08 bits per heavy atom. The molecule has 1 fully saturated rings. The third-order valence-electron chi connectivity index (χ3n) is 4.49. The van der Waals surface area contributed by atoms with Crippen LogP contribution in [0.15, 0.2) is 24.3 Å². The number of para-hydroxylation sites is 1. The van der Waals surface area contributed by atoms with E-state index in [0.29, 0.717) is 19.4 Å². The van der Waals surface area contributed by atoms with Crippen LogP contribution in [0.5, 0.6) is 0 Å². The minimum atomic E-state index is -0.536. The van der Waals surface area contributed by atoms with Crippen molar-refractivity contribution in [2.24, 2.45) is 0 Å². The fourth-order valence-electron chi connectivity index (χ4n) is 3.46. The zero-order valence-corrected chi connectivity index (χ0v) is 14.8. The molecule has 1 aliphatic heterocycles. The number of carbonyl (C=O) groups excluding carboxylic acids is 1. The number of amides is 1. The second-order valence-electron chi connectivity index (χ2n) is 7.65. The number of hydrogen-bond acceptors (Lipinski definition) is 3. The molecule has 1 aromatic carbocycles. The number of aliphatic hydroxyl groups is 1. The Hall–Kier alpha value is -2.01. The number of aromatic nitrogens is 1. The van der Waals surface area contributed by atoms with Crippen LogP contribution in [0.1, 0.15) is 38.4 Å². The van der Waals surface area contributed by atoms with E-state index in [-0.39, 0.29) is 12.1 Å². The maximum absolute atomic E-state index is 12.5. The number of β-amino-alcohol motifs (C(OH)–C–C–N with tert-alkyl or cyclic N) is 1.